The van der Waals surface area contributed by atoms with Crippen LogP contribution in [0.2, 0.25) is 0 Å². The predicted molar refractivity (Wildman–Crippen MR) is 311 cm³/mol. The average molecular weight is 1000 g/mol. The van der Waals surface area contributed by atoms with Crippen molar-refractivity contribution in [2.45, 2.75) is 277 Å². The third kappa shape index (κ3) is 57.0. The summed E-state index contributed by atoms with van der Waals surface area (Å²) < 4.78 is 16.8. The second-order valence-corrected chi connectivity index (χ2v) is 19.5. The quantitative estimate of drug-likeness (QED) is 0.0261. The third-order valence-electron chi connectivity index (χ3n) is 12.5. The van der Waals surface area contributed by atoms with Gasteiger partial charge in [0.15, 0.2) is 6.10 Å². The van der Waals surface area contributed by atoms with Crippen molar-refractivity contribution in [3.05, 3.63) is 109 Å². The third-order valence-corrected chi connectivity index (χ3v) is 12.5. The van der Waals surface area contributed by atoms with Crippen molar-refractivity contribution >= 4 is 17.9 Å². The van der Waals surface area contributed by atoms with Crippen LogP contribution in [0.1, 0.15) is 271 Å². The van der Waals surface area contributed by atoms with Gasteiger partial charge in [-0.1, -0.05) is 259 Å². The molecule has 0 heterocycles. The van der Waals surface area contributed by atoms with Crippen LogP contribution in [-0.4, -0.2) is 37.2 Å². The molecule has 0 amide bonds. The molecule has 0 bridgehead atoms. The second-order valence-electron chi connectivity index (χ2n) is 19.5. The Labute approximate surface area is 444 Å². The van der Waals surface area contributed by atoms with Crippen molar-refractivity contribution in [3.63, 3.8) is 0 Å². The predicted octanol–water partition coefficient (Wildman–Crippen LogP) is 20.3. The van der Waals surface area contributed by atoms with Gasteiger partial charge in [-0.25, -0.2) is 0 Å². The number of ether oxygens (including phenoxy) is 3. The van der Waals surface area contributed by atoms with Crippen LogP contribution >= 0.6 is 0 Å². The number of rotatable bonds is 53. The van der Waals surface area contributed by atoms with E-state index in [0.717, 1.165) is 135 Å². The highest BCUT2D eigenvalue weighted by Gasteiger charge is 2.19. The lowest BCUT2D eigenvalue weighted by Gasteiger charge is -2.18. The first-order chi connectivity index (χ1) is 35.5. The minimum atomic E-state index is -0.786. The molecular formula is C66H110O6. The fraction of sp³-hybridized carbons (Fsp3) is 0.682. The van der Waals surface area contributed by atoms with Gasteiger partial charge in [0.05, 0.1) is 0 Å². The molecule has 0 spiro atoms. The molecule has 0 aromatic carbocycles. The topological polar surface area (TPSA) is 78.9 Å². The molecule has 0 rings (SSSR count). The van der Waals surface area contributed by atoms with Gasteiger partial charge in [0.1, 0.15) is 13.2 Å². The van der Waals surface area contributed by atoms with E-state index in [2.05, 4.69) is 130 Å². The second kappa shape index (κ2) is 59.6. The van der Waals surface area contributed by atoms with Gasteiger partial charge in [0.2, 0.25) is 0 Å². The summed E-state index contributed by atoms with van der Waals surface area (Å²) in [7, 11) is 0. The molecule has 72 heavy (non-hydrogen) atoms. The summed E-state index contributed by atoms with van der Waals surface area (Å²) in [6.45, 7) is 6.45. The van der Waals surface area contributed by atoms with Crippen LogP contribution in [0.4, 0.5) is 0 Å². The summed E-state index contributed by atoms with van der Waals surface area (Å²) in [5.41, 5.74) is 0. The molecular weight excluding hydrogens is 889 g/mol. The Hall–Kier alpha value is -3.93. The van der Waals surface area contributed by atoms with E-state index in [1.54, 1.807) is 0 Å². The molecule has 0 aromatic heterocycles. The van der Waals surface area contributed by atoms with Gasteiger partial charge in [0.25, 0.3) is 0 Å². The first-order valence-electron chi connectivity index (χ1n) is 29.9. The standard InChI is InChI=1S/C66H110O6/c1-4-7-10-13-16-19-22-24-25-26-27-28-29-30-31-32-33-34-35-36-37-38-39-40-41-43-44-47-50-53-56-59-65(68)71-62-63(61-70-64(67)58-55-52-49-46-21-18-15-12-9-6-3)72-66(69)60-57-54-51-48-45-42-23-20-17-14-11-8-5-2/h7,10,12,15-16,19,24-25,27-28,30-31,33-34,36-37,39-40,63H,4-6,8-9,11,13-14,17-18,20-23,26,29,32,35,38,41-62H2,1-3H3/b10-7-,15-12-,19-16-,25-24-,28-27-,31-30-,34-33-,37-36-,40-39-. The fourth-order valence-corrected chi connectivity index (χ4v) is 8.05. The van der Waals surface area contributed by atoms with Crippen LogP contribution in [0.15, 0.2) is 109 Å². The number of allylic oxidation sites excluding steroid dienone is 18. The first kappa shape index (κ1) is 68.1. The summed E-state index contributed by atoms with van der Waals surface area (Å²) in [4.78, 5) is 38.0. The molecule has 0 fully saturated rings. The smallest absolute Gasteiger partial charge is 0.306 e. The zero-order chi connectivity index (χ0) is 52.2. The normalized spacial score (nSPS) is 12.9. The van der Waals surface area contributed by atoms with Crippen LogP contribution in [0.3, 0.4) is 0 Å². The Kier molecular flexibility index (Phi) is 56.4. The fourth-order valence-electron chi connectivity index (χ4n) is 8.05. The number of hydrogen-bond donors (Lipinski definition) is 0. The van der Waals surface area contributed by atoms with E-state index >= 15 is 0 Å². The van der Waals surface area contributed by atoms with E-state index in [4.69, 9.17) is 14.2 Å². The molecule has 410 valence electrons. The van der Waals surface area contributed by atoms with E-state index in [0.29, 0.717) is 19.3 Å². The number of esters is 3. The molecule has 0 aliphatic heterocycles. The summed E-state index contributed by atoms with van der Waals surface area (Å²) in [6.07, 6.45) is 80.9. The van der Waals surface area contributed by atoms with E-state index in [9.17, 15) is 14.4 Å². The highest BCUT2D eigenvalue weighted by Crippen LogP contribution is 2.15. The zero-order valence-electron chi connectivity index (χ0n) is 46.9. The maximum atomic E-state index is 12.8. The van der Waals surface area contributed by atoms with E-state index in [-0.39, 0.29) is 31.1 Å². The summed E-state index contributed by atoms with van der Waals surface area (Å²) >= 11 is 0. The zero-order valence-corrected chi connectivity index (χ0v) is 46.9. The van der Waals surface area contributed by atoms with Crippen LogP contribution < -0.4 is 0 Å². The molecule has 1 atom stereocenters. The summed E-state index contributed by atoms with van der Waals surface area (Å²) in [5.74, 6) is -0.908. The molecule has 0 saturated carbocycles. The monoisotopic (exact) mass is 999 g/mol. The number of unbranched alkanes of at least 4 members (excludes halogenated alkanes) is 24. The number of carbonyl (C=O) groups excluding carboxylic acids is 3. The highest BCUT2D eigenvalue weighted by molar-refractivity contribution is 5.71. The van der Waals surface area contributed by atoms with Crippen LogP contribution in [0.5, 0.6) is 0 Å². The molecule has 0 aromatic rings. The van der Waals surface area contributed by atoms with Crippen molar-refractivity contribution in [2.75, 3.05) is 13.2 Å². The van der Waals surface area contributed by atoms with Crippen molar-refractivity contribution in [3.8, 4) is 0 Å². The van der Waals surface area contributed by atoms with E-state index < -0.39 is 6.10 Å². The highest BCUT2D eigenvalue weighted by atomic mass is 16.6. The van der Waals surface area contributed by atoms with Crippen LogP contribution in [-0.2, 0) is 28.6 Å². The molecule has 1 unspecified atom stereocenters. The lowest BCUT2D eigenvalue weighted by atomic mass is 10.0. The van der Waals surface area contributed by atoms with Crippen LogP contribution in [0.25, 0.3) is 0 Å². The Balaban J connectivity index is 4.24. The Morgan fingerprint density at radius 2 is 0.569 bits per heavy atom. The molecule has 0 radical (unpaired) electrons. The Morgan fingerprint density at radius 3 is 0.917 bits per heavy atom. The Morgan fingerprint density at radius 1 is 0.292 bits per heavy atom. The number of carbonyl (C=O) groups is 3. The van der Waals surface area contributed by atoms with Gasteiger partial charge in [-0.3, -0.25) is 14.4 Å². The van der Waals surface area contributed by atoms with Gasteiger partial charge in [-0.05, 0) is 103 Å². The lowest BCUT2D eigenvalue weighted by molar-refractivity contribution is -0.167. The van der Waals surface area contributed by atoms with Gasteiger partial charge in [0, 0.05) is 19.3 Å². The van der Waals surface area contributed by atoms with E-state index in [1.165, 1.54) is 96.3 Å². The van der Waals surface area contributed by atoms with Crippen molar-refractivity contribution < 1.29 is 28.6 Å². The number of hydrogen-bond acceptors (Lipinski definition) is 6. The molecule has 0 aliphatic carbocycles. The van der Waals surface area contributed by atoms with Gasteiger partial charge in [-0.2, -0.15) is 0 Å². The van der Waals surface area contributed by atoms with Gasteiger partial charge < -0.3 is 14.2 Å². The molecule has 6 nitrogen and oxygen atoms in total. The minimum absolute atomic E-state index is 0.0858. The summed E-state index contributed by atoms with van der Waals surface area (Å²) in [5, 5.41) is 0. The molecule has 0 saturated heterocycles. The Bertz CT molecular complexity index is 1470. The van der Waals surface area contributed by atoms with Gasteiger partial charge in [-0.15, -0.1) is 0 Å². The molecule has 0 aliphatic rings. The lowest BCUT2D eigenvalue weighted by Crippen LogP contribution is -2.30. The summed E-state index contributed by atoms with van der Waals surface area (Å²) in [6, 6.07) is 0. The first-order valence-corrected chi connectivity index (χ1v) is 29.9. The van der Waals surface area contributed by atoms with E-state index in [1.807, 2.05) is 0 Å². The van der Waals surface area contributed by atoms with Crippen LogP contribution in [0, 0.1) is 0 Å². The molecule has 6 heteroatoms. The average Bonchev–Trinajstić information content (AvgIpc) is 3.38. The maximum Gasteiger partial charge on any atom is 0.306 e. The maximum absolute atomic E-state index is 12.8. The van der Waals surface area contributed by atoms with Crippen molar-refractivity contribution in [2.24, 2.45) is 0 Å². The molecule has 0 N–H and O–H groups in total. The SMILES string of the molecule is CC/C=C\C/C=C\C/C=C\C/C=C\C/C=C\C/C=C\C/C=C\C/C=C\CCCCCCCCC(=O)OCC(COC(=O)CCCCCCC/C=C\CCC)OC(=O)CCCCCCCCCCCCCCC. The van der Waals surface area contributed by atoms with Crippen molar-refractivity contribution in [1.82, 2.24) is 0 Å². The van der Waals surface area contributed by atoms with Crippen molar-refractivity contribution in [1.29, 1.82) is 0 Å². The largest absolute Gasteiger partial charge is 0.462 e. The minimum Gasteiger partial charge on any atom is -0.462 e. The van der Waals surface area contributed by atoms with Gasteiger partial charge >= 0.3 is 17.9 Å².